The topological polar surface area (TPSA) is 60.2 Å². The van der Waals surface area contributed by atoms with Crippen LogP contribution in [0.25, 0.3) is 0 Å². The van der Waals surface area contributed by atoms with Gasteiger partial charge in [0.15, 0.2) is 11.6 Å². The van der Waals surface area contributed by atoms with E-state index in [2.05, 4.69) is 10.2 Å². The van der Waals surface area contributed by atoms with Crippen molar-refractivity contribution < 1.29 is 9.84 Å². The van der Waals surface area contributed by atoms with Crippen molar-refractivity contribution in [3.63, 3.8) is 0 Å². The molecule has 0 radical (unpaired) electrons. The molecule has 86 valence electrons. The van der Waals surface area contributed by atoms with Gasteiger partial charge in [-0.3, -0.25) is 0 Å². The van der Waals surface area contributed by atoms with E-state index in [4.69, 9.17) is 9.84 Å². The number of ether oxygens (including phenoxy) is 1. The van der Waals surface area contributed by atoms with Gasteiger partial charge in [-0.05, 0) is 27.7 Å². The summed E-state index contributed by atoms with van der Waals surface area (Å²) >= 11 is 0. The fourth-order valence-electron chi connectivity index (χ4n) is 1.48. The number of aliphatic hydroxyl groups is 1. The lowest BCUT2D eigenvalue weighted by molar-refractivity contribution is 0.00713. The summed E-state index contributed by atoms with van der Waals surface area (Å²) in [5.74, 6) is 1.31. The van der Waals surface area contributed by atoms with Crippen LogP contribution in [-0.4, -0.2) is 27.0 Å². The van der Waals surface area contributed by atoms with Gasteiger partial charge in [-0.25, -0.2) is 0 Å². The van der Waals surface area contributed by atoms with Gasteiger partial charge in [0.25, 0.3) is 0 Å². The number of methoxy groups -OCH3 is 1. The Morgan fingerprint density at radius 2 is 2.00 bits per heavy atom. The quantitative estimate of drug-likeness (QED) is 0.817. The smallest absolute Gasteiger partial charge is 0.165 e. The molecule has 1 N–H and O–H groups in total. The zero-order valence-corrected chi connectivity index (χ0v) is 9.98. The average molecular weight is 213 g/mol. The maximum atomic E-state index is 9.15. The van der Waals surface area contributed by atoms with E-state index in [9.17, 15) is 0 Å². The number of aliphatic hydroxyl groups excluding tert-OH is 1. The first kappa shape index (κ1) is 12.1. The van der Waals surface area contributed by atoms with Crippen molar-refractivity contribution >= 4 is 0 Å². The van der Waals surface area contributed by atoms with Crippen molar-refractivity contribution in [3.05, 3.63) is 11.6 Å². The van der Waals surface area contributed by atoms with Crippen LogP contribution in [0.4, 0.5) is 0 Å². The van der Waals surface area contributed by atoms with Crippen molar-refractivity contribution in [1.29, 1.82) is 0 Å². The summed E-state index contributed by atoms with van der Waals surface area (Å²) in [7, 11) is 1.64. The zero-order chi connectivity index (χ0) is 11.6. The van der Waals surface area contributed by atoms with Gasteiger partial charge in [0, 0.05) is 13.2 Å². The fourth-order valence-corrected chi connectivity index (χ4v) is 1.48. The highest BCUT2D eigenvalue weighted by Crippen LogP contribution is 2.25. The molecule has 1 rings (SSSR count). The lowest BCUT2D eigenvalue weighted by Gasteiger charge is -2.24. The molecule has 1 aromatic heterocycles. The highest BCUT2D eigenvalue weighted by molar-refractivity contribution is 5.05. The van der Waals surface area contributed by atoms with E-state index in [0.29, 0.717) is 5.82 Å². The number of nitrogens with zero attached hydrogens (tertiary/aromatic N) is 3. The number of hydrogen-bond donors (Lipinski definition) is 1. The van der Waals surface area contributed by atoms with Crippen LogP contribution in [0.5, 0.6) is 0 Å². The molecule has 0 aliphatic carbocycles. The van der Waals surface area contributed by atoms with Gasteiger partial charge in [-0.15, -0.1) is 10.2 Å². The Morgan fingerprint density at radius 1 is 1.40 bits per heavy atom. The molecular formula is C10H19N3O2. The highest BCUT2D eigenvalue weighted by atomic mass is 16.5. The third-order valence-electron chi connectivity index (χ3n) is 2.47. The van der Waals surface area contributed by atoms with E-state index in [1.54, 1.807) is 7.11 Å². The van der Waals surface area contributed by atoms with Crippen molar-refractivity contribution in [2.75, 3.05) is 7.11 Å². The molecule has 0 unspecified atom stereocenters. The Hall–Kier alpha value is -0.940. The first-order valence-corrected chi connectivity index (χ1v) is 5.04. The van der Waals surface area contributed by atoms with Gasteiger partial charge < -0.3 is 14.4 Å². The second-order valence-corrected chi connectivity index (χ2v) is 4.28. The largest absolute Gasteiger partial charge is 0.388 e. The number of rotatable bonds is 4. The summed E-state index contributed by atoms with van der Waals surface area (Å²) in [4.78, 5) is 0. The predicted molar refractivity (Wildman–Crippen MR) is 56.4 cm³/mol. The maximum absolute atomic E-state index is 9.15. The molecule has 0 fully saturated rings. The Morgan fingerprint density at radius 3 is 2.40 bits per heavy atom. The molecule has 0 saturated carbocycles. The lowest BCUT2D eigenvalue weighted by atomic mass is 10.1. The van der Waals surface area contributed by atoms with Crippen LogP contribution in [-0.2, 0) is 16.9 Å². The van der Waals surface area contributed by atoms with Crippen molar-refractivity contribution in [2.24, 2.45) is 0 Å². The predicted octanol–water partition coefficient (Wildman–Crippen LogP) is 1.23. The molecule has 0 atom stereocenters. The average Bonchev–Trinajstić information content (AvgIpc) is 2.61. The van der Waals surface area contributed by atoms with Crippen LogP contribution in [0.1, 0.15) is 45.4 Å². The van der Waals surface area contributed by atoms with Crippen molar-refractivity contribution in [3.8, 4) is 0 Å². The molecule has 5 heteroatoms. The summed E-state index contributed by atoms with van der Waals surface area (Å²) in [5.41, 5.74) is -0.495. The van der Waals surface area contributed by atoms with Crippen LogP contribution in [0, 0.1) is 0 Å². The van der Waals surface area contributed by atoms with E-state index < -0.39 is 5.60 Å². The summed E-state index contributed by atoms with van der Waals surface area (Å²) in [6, 6.07) is 0.201. The molecule has 1 aromatic rings. The van der Waals surface area contributed by atoms with Crippen molar-refractivity contribution in [2.45, 2.75) is 45.9 Å². The molecule has 1 heterocycles. The third-order valence-corrected chi connectivity index (χ3v) is 2.47. The summed E-state index contributed by atoms with van der Waals surface area (Å²) in [6.45, 7) is 7.80. The normalized spacial score (nSPS) is 12.5. The molecule has 0 bridgehead atoms. The number of hydrogen-bond acceptors (Lipinski definition) is 4. The Labute approximate surface area is 90.1 Å². The molecule has 15 heavy (non-hydrogen) atoms. The maximum Gasteiger partial charge on any atom is 0.165 e. The van der Waals surface area contributed by atoms with Gasteiger partial charge >= 0.3 is 0 Å². The molecule has 0 spiro atoms. The second-order valence-electron chi connectivity index (χ2n) is 4.28. The monoisotopic (exact) mass is 213 g/mol. The SMILES string of the molecule is COC(C)(C)c1nnc(CO)n1C(C)C. The first-order valence-electron chi connectivity index (χ1n) is 5.04. The van der Waals surface area contributed by atoms with E-state index in [1.165, 1.54) is 0 Å². The van der Waals surface area contributed by atoms with Crippen LogP contribution in [0.15, 0.2) is 0 Å². The van der Waals surface area contributed by atoms with Crippen LogP contribution < -0.4 is 0 Å². The summed E-state index contributed by atoms with van der Waals surface area (Å²) in [6.07, 6.45) is 0. The fraction of sp³-hybridized carbons (Fsp3) is 0.800. The van der Waals surface area contributed by atoms with Gasteiger partial charge in [0.05, 0.1) is 0 Å². The summed E-state index contributed by atoms with van der Waals surface area (Å²) < 4.78 is 7.27. The molecule has 0 aliphatic rings. The van der Waals surface area contributed by atoms with E-state index >= 15 is 0 Å². The number of aromatic nitrogens is 3. The molecule has 5 nitrogen and oxygen atoms in total. The third kappa shape index (κ3) is 2.18. The van der Waals surface area contributed by atoms with Gasteiger partial charge in [-0.1, -0.05) is 0 Å². The van der Waals surface area contributed by atoms with Crippen LogP contribution in [0.2, 0.25) is 0 Å². The van der Waals surface area contributed by atoms with E-state index in [-0.39, 0.29) is 12.6 Å². The van der Waals surface area contributed by atoms with Crippen molar-refractivity contribution in [1.82, 2.24) is 14.8 Å². The minimum absolute atomic E-state index is 0.106. The molecule has 0 amide bonds. The second kappa shape index (κ2) is 4.28. The Kier molecular flexibility index (Phi) is 3.46. The molecular weight excluding hydrogens is 194 g/mol. The molecule has 0 saturated heterocycles. The minimum atomic E-state index is -0.495. The van der Waals surface area contributed by atoms with Gasteiger partial charge in [0.1, 0.15) is 12.2 Å². The minimum Gasteiger partial charge on any atom is -0.388 e. The zero-order valence-electron chi connectivity index (χ0n) is 9.98. The molecule has 0 aliphatic heterocycles. The Balaban J connectivity index is 3.24. The Bertz CT molecular complexity index is 331. The van der Waals surface area contributed by atoms with E-state index in [1.807, 2.05) is 32.3 Å². The van der Waals surface area contributed by atoms with E-state index in [0.717, 1.165) is 5.82 Å². The standard InChI is InChI=1S/C10H19N3O2/c1-7(2)13-8(6-14)11-12-9(13)10(3,4)15-5/h7,14H,6H2,1-5H3. The lowest BCUT2D eigenvalue weighted by Crippen LogP contribution is -2.26. The molecule has 0 aromatic carbocycles. The van der Waals surface area contributed by atoms with Gasteiger partial charge in [-0.2, -0.15) is 0 Å². The first-order chi connectivity index (χ1) is 6.94. The van der Waals surface area contributed by atoms with Gasteiger partial charge in [0.2, 0.25) is 0 Å². The summed E-state index contributed by atoms with van der Waals surface area (Å²) in [5, 5.41) is 17.2. The highest BCUT2D eigenvalue weighted by Gasteiger charge is 2.28. The van der Waals surface area contributed by atoms with Crippen LogP contribution in [0.3, 0.4) is 0 Å². The van der Waals surface area contributed by atoms with Crippen LogP contribution >= 0.6 is 0 Å².